The highest BCUT2D eigenvalue weighted by molar-refractivity contribution is 7.11. The van der Waals surface area contributed by atoms with E-state index in [0.717, 1.165) is 19.0 Å². The monoisotopic (exact) mass is 253 g/mol. The molecule has 1 aliphatic rings. The molecule has 0 saturated carbocycles. The van der Waals surface area contributed by atoms with E-state index in [4.69, 9.17) is 5.73 Å². The predicted octanol–water partition coefficient (Wildman–Crippen LogP) is 2.32. The van der Waals surface area contributed by atoms with E-state index in [0.29, 0.717) is 6.04 Å². The van der Waals surface area contributed by atoms with Crippen molar-refractivity contribution in [2.24, 2.45) is 11.7 Å². The Balaban J connectivity index is 2.08. The largest absolute Gasteiger partial charge is 0.329 e. The van der Waals surface area contributed by atoms with Crippen LogP contribution in [-0.4, -0.2) is 29.0 Å². The molecule has 2 heterocycles. The Morgan fingerprint density at radius 2 is 2.24 bits per heavy atom. The molecule has 0 amide bonds. The summed E-state index contributed by atoms with van der Waals surface area (Å²) < 4.78 is 0. The number of nitrogens with zero attached hydrogens (tertiary/aromatic N) is 2. The van der Waals surface area contributed by atoms with E-state index in [1.807, 2.05) is 11.3 Å². The molecule has 2 atom stereocenters. The van der Waals surface area contributed by atoms with E-state index in [1.54, 1.807) is 0 Å². The molecule has 2 rings (SSSR count). The Kier molecular flexibility index (Phi) is 4.17. The molecular weight excluding hydrogens is 230 g/mol. The Labute approximate surface area is 108 Å². The van der Waals surface area contributed by atoms with Gasteiger partial charge in [0.15, 0.2) is 0 Å². The van der Waals surface area contributed by atoms with Gasteiger partial charge in [-0.2, -0.15) is 0 Å². The Morgan fingerprint density at radius 3 is 2.82 bits per heavy atom. The van der Waals surface area contributed by atoms with Gasteiger partial charge in [0.05, 0.1) is 10.7 Å². The highest BCUT2D eigenvalue weighted by Crippen LogP contribution is 2.27. The topological polar surface area (TPSA) is 42.2 Å². The normalized spacial score (nSPS) is 26.4. The van der Waals surface area contributed by atoms with Gasteiger partial charge in [0.1, 0.15) is 0 Å². The Morgan fingerprint density at radius 1 is 1.47 bits per heavy atom. The van der Waals surface area contributed by atoms with Gasteiger partial charge in [-0.1, -0.05) is 6.92 Å². The van der Waals surface area contributed by atoms with E-state index in [1.165, 1.54) is 35.0 Å². The first-order chi connectivity index (χ1) is 8.11. The van der Waals surface area contributed by atoms with Crippen molar-refractivity contribution < 1.29 is 0 Å². The number of likely N-dealkylation sites (tertiary alicyclic amines) is 1. The lowest BCUT2D eigenvalue weighted by Gasteiger charge is -2.39. The van der Waals surface area contributed by atoms with Crippen molar-refractivity contribution in [3.05, 3.63) is 15.6 Å². The van der Waals surface area contributed by atoms with Gasteiger partial charge in [-0.05, 0) is 39.2 Å². The van der Waals surface area contributed by atoms with Crippen LogP contribution in [0, 0.1) is 19.8 Å². The number of rotatable bonds is 3. The lowest BCUT2D eigenvalue weighted by atomic mass is 9.91. The maximum absolute atomic E-state index is 5.93. The SMILES string of the molecule is Cc1nc(C)c(CN2CCCC(C)C2CN)s1. The predicted molar refractivity (Wildman–Crippen MR) is 73.2 cm³/mol. The fourth-order valence-corrected chi connectivity index (χ4v) is 3.78. The van der Waals surface area contributed by atoms with Gasteiger partial charge in [-0.15, -0.1) is 11.3 Å². The fourth-order valence-electron chi connectivity index (χ4n) is 2.82. The van der Waals surface area contributed by atoms with Crippen molar-refractivity contribution >= 4 is 11.3 Å². The number of thiazole rings is 1. The van der Waals surface area contributed by atoms with E-state index < -0.39 is 0 Å². The molecule has 0 spiro atoms. The number of aromatic nitrogens is 1. The smallest absolute Gasteiger partial charge is 0.0900 e. The molecule has 0 aromatic carbocycles. The van der Waals surface area contributed by atoms with Gasteiger partial charge in [0.25, 0.3) is 0 Å². The van der Waals surface area contributed by atoms with Crippen LogP contribution >= 0.6 is 11.3 Å². The van der Waals surface area contributed by atoms with Crippen LogP contribution in [0.4, 0.5) is 0 Å². The third kappa shape index (κ3) is 2.87. The molecule has 4 heteroatoms. The Bertz CT molecular complexity index is 375. The average molecular weight is 253 g/mol. The number of hydrogen-bond acceptors (Lipinski definition) is 4. The third-order valence-electron chi connectivity index (χ3n) is 3.82. The van der Waals surface area contributed by atoms with Crippen LogP contribution in [0.3, 0.4) is 0 Å². The van der Waals surface area contributed by atoms with Crippen molar-refractivity contribution in [1.82, 2.24) is 9.88 Å². The van der Waals surface area contributed by atoms with Crippen LogP contribution in [0.1, 0.15) is 35.3 Å². The molecule has 2 N–H and O–H groups in total. The summed E-state index contributed by atoms with van der Waals surface area (Å²) in [6.45, 7) is 9.52. The summed E-state index contributed by atoms with van der Waals surface area (Å²) in [6, 6.07) is 0.547. The van der Waals surface area contributed by atoms with Gasteiger partial charge in [0, 0.05) is 24.0 Å². The molecule has 96 valence electrons. The van der Waals surface area contributed by atoms with Crippen LogP contribution in [-0.2, 0) is 6.54 Å². The first kappa shape index (κ1) is 13.0. The van der Waals surface area contributed by atoms with Gasteiger partial charge in [-0.25, -0.2) is 4.98 Å². The number of piperidine rings is 1. The Hall–Kier alpha value is -0.450. The van der Waals surface area contributed by atoms with E-state index in [9.17, 15) is 0 Å². The van der Waals surface area contributed by atoms with Crippen molar-refractivity contribution in [2.75, 3.05) is 13.1 Å². The van der Waals surface area contributed by atoms with Gasteiger partial charge in [0.2, 0.25) is 0 Å². The molecule has 3 nitrogen and oxygen atoms in total. The highest BCUT2D eigenvalue weighted by atomic mass is 32.1. The van der Waals surface area contributed by atoms with Gasteiger partial charge < -0.3 is 5.73 Å². The number of nitrogens with two attached hydrogens (primary N) is 1. The molecule has 2 unspecified atom stereocenters. The summed E-state index contributed by atoms with van der Waals surface area (Å²) in [5.74, 6) is 0.725. The van der Waals surface area contributed by atoms with Crippen LogP contribution in [0.25, 0.3) is 0 Å². The zero-order chi connectivity index (χ0) is 12.4. The quantitative estimate of drug-likeness (QED) is 0.899. The van der Waals surface area contributed by atoms with Crippen molar-refractivity contribution in [3.8, 4) is 0 Å². The summed E-state index contributed by atoms with van der Waals surface area (Å²) in [5.41, 5.74) is 7.12. The molecule has 17 heavy (non-hydrogen) atoms. The van der Waals surface area contributed by atoms with Gasteiger partial charge >= 0.3 is 0 Å². The fraction of sp³-hybridized carbons (Fsp3) is 0.769. The highest BCUT2D eigenvalue weighted by Gasteiger charge is 2.27. The molecular formula is C13H23N3S. The van der Waals surface area contributed by atoms with Crippen molar-refractivity contribution in [3.63, 3.8) is 0 Å². The standard InChI is InChI=1S/C13H23N3S/c1-9-5-4-6-16(12(9)7-14)8-13-10(2)15-11(3)17-13/h9,12H,4-8,14H2,1-3H3. The summed E-state index contributed by atoms with van der Waals surface area (Å²) in [7, 11) is 0. The third-order valence-corrected chi connectivity index (χ3v) is 4.88. The minimum atomic E-state index is 0.547. The number of aryl methyl sites for hydroxylation is 2. The van der Waals surface area contributed by atoms with Crippen LogP contribution < -0.4 is 5.73 Å². The van der Waals surface area contributed by atoms with Crippen LogP contribution in [0.5, 0.6) is 0 Å². The molecule has 1 fully saturated rings. The molecule has 1 aromatic rings. The maximum atomic E-state index is 5.93. The molecule has 0 radical (unpaired) electrons. The molecule has 1 aliphatic heterocycles. The zero-order valence-corrected chi connectivity index (χ0v) is 11.9. The summed E-state index contributed by atoms with van der Waals surface area (Å²) in [6.07, 6.45) is 2.62. The van der Waals surface area contributed by atoms with E-state index >= 15 is 0 Å². The number of hydrogen-bond donors (Lipinski definition) is 1. The first-order valence-corrected chi connectivity index (χ1v) is 7.30. The first-order valence-electron chi connectivity index (χ1n) is 6.49. The molecule has 0 bridgehead atoms. The van der Waals surface area contributed by atoms with E-state index in [-0.39, 0.29) is 0 Å². The maximum Gasteiger partial charge on any atom is 0.0900 e. The van der Waals surface area contributed by atoms with Crippen molar-refractivity contribution in [2.45, 2.75) is 46.2 Å². The molecule has 1 saturated heterocycles. The second-order valence-electron chi connectivity index (χ2n) is 5.13. The summed E-state index contributed by atoms with van der Waals surface area (Å²) >= 11 is 1.83. The lowest BCUT2D eigenvalue weighted by molar-refractivity contribution is 0.0999. The molecule has 1 aromatic heterocycles. The van der Waals surface area contributed by atoms with E-state index in [2.05, 4.69) is 30.7 Å². The second-order valence-corrected chi connectivity index (χ2v) is 6.42. The summed E-state index contributed by atoms with van der Waals surface area (Å²) in [5, 5.41) is 1.17. The van der Waals surface area contributed by atoms with Crippen LogP contribution in [0.2, 0.25) is 0 Å². The summed E-state index contributed by atoms with van der Waals surface area (Å²) in [4.78, 5) is 8.47. The minimum absolute atomic E-state index is 0.547. The molecule has 0 aliphatic carbocycles. The van der Waals surface area contributed by atoms with Crippen molar-refractivity contribution in [1.29, 1.82) is 0 Å². The van der Waals surface area contributed by atoms with Gasteiger partial charge in [-0.3, -0.25) is 4.90 Å². The van der Waals surface area contributed by atoms with Crippen LogP contribution in [0.15, 0.2) is 0 Å². The average Bonchev–Trinajstić information content (AvgIpc) is 2.58. The zero-order valence-electron chi connectivity index (χ0n) is 11.1. The second kappa shape index (κ2) is 5.46. The minimum Gasteiger partial charge on any atom is -0.329 e. The lowest BCUT2D eigenvalue weighted by Crippen LogP contribution is -2.47.